The number of carbonyl (C=O) groups is 1. The Hall–Kier alpha value is -3.12. The average molecular weight is 466 g/mol. The zero-order valence-electron chi connectivity index (χ0n) is 20.1. The summed E-state index contributed by atoms with van der Waals surface area (Å²) in [5, 5.41) is 11.8. The molecule has 0 saturated heterocycles. The molecular weight excluding hydrogens is 434 g/mol. The number of fused-ring (bicyclic) bond motifs is 3. The highest BCUT2D eigenvalue weighted by Gasteiger charge is 2.36. The van der Waals surface area contributed by atoms with Gasteiger partial charge >= 0.3 is 0 Å². The third-order valence-corrected chi connectivity index (χ3v) is 6.26. The fraction of sp³-hybridized carbons (Fsp3) is 0.462. The van der Waals surface area contributed by atoms with Crippen molar-refractivity contribution in [1.29, 1.82) is 0 Å². The Balaban J connectivity index is 1.92. The van der Waals surface area contributed by atoms with E-state index >= 15 is 0 Å². The molecule has 0 aliphatic carbocycles. The molecule has 0 bridgehead atoms. The van der Waals surface area contributed by atoms with Crippen LogP contribution in [0.5, 0.6) is 11.5 Å². The lowest BCUT2D eigenvalue weighted by atomic mass is 9.80. The van der Waals surface area contributed by atoms with E-state index in [1.165, 1.54) is 0 Å². The van der Waals surface area contributed by atoms with Crippen LogP contribution >= 0.6 is 0 Å². The van der Waals surface area contributed by atoms with Gasteiger partial charge in [0.1, 0.15) is 6.29 Å². The van der Waals surface area contributed by atoms with E-state index in [0.29, 0.717) is 31.0 Å². The highest BCUT2D eigenvalue weighted by molar-refractivity contribution is 5.92. The summed E-state index contributed by atoms with van der Waals surface area (Å²) in [5.74, 6) is 6.81. The number of ether oxygens (including phenoxy) is 3. The van der Waals surface area contributed by atoms with Crippen molar-refractivity contribution in [2.45, 2.75) is 32.4 Å². The maximum absolute atomic E-state index is 11.9. The molecule has 0 saturated carbocycles. The third-order valence-electron chi connectivity index (χ3n) is 6.26. The second kappa shape index (κ2) is 9.63. The summed E-state index contributed by atoms with van der Waals surface area (Å²) >= 11 is 0. The Labute approximate surface area is 199 Å². The van der Waals surface area contributed by atoms with Crippen LogP contribution in [0.1, 0.15) is 37.1 Å². The van der Waals surface area contributed by atoms with Gasteiger partial charge in [-0.15, -0.1) is 0 Å². The van der Waals surface area contributed by atoms with Gasteiger partial charge in [-0.1, -0.05) is 17.9 Å². The first-order chi connectivity index (χ1) is 16.3. The van der Waals surface area contributed by atoms with Gasteiger partial charge in [-0.3, -0.25) is 0 Å². The molecule has 8 nitrogen and oxygen atoms in total. The fourth-order valence-corrected chi connectivity index (χ4v) is 4.58. The second-order valence-corrected chi connectivity index (χ2v) is 9.22. The van der Waals surface area contributed by atoms with E-state index in [9.17, 15) is 9.90 Å². The number of methoxy groups -OCH3 is 1. The molecule has 3 N–H and O–H groups in total. The first kappa shape index (κ1) is 24.0. The van der Waals surface area contributed by atoms with Crippen molar-refractivity contribution in [2.75, 3.05) is 34.1 Å². The highest BCUT2D eigenvalue weighted by atomic mass is 16.7. The van der Waals surface area contributed by atoms with E-state index < -0.39 is 17.4 Å². The van der Waals surface area contributed by atoms with Crippen LogP contribution in [0.25, 0.3) is 16.6 Å². The number of aliphatic hydroxyl groups is 1. The summed E-state index contributed by atoms with van der Waals surface area (Å²) in [5.41, 5.74) is 8.76. The fourth-order valence-electron chi connectivity index (χ4n) is 4.58. The number of nitrogens with zero attached hydrogens (tertiary/aromatic N) is 2. The van der Waals surface area contributed by atoms with E-state index in [1.54, 1.807) is 21.0 Å². The Bertz CT molecular complexity index is 1190. The first-order valence-electron chi connectivity index (χ1n) is 11.3. The van der Waals surface area contributed by atoms with Crippen molar-refractivity contribution >= 4 is 22.9 Å². The van der Waals surface area contributed by atoms with Crippen molar-refractivity contribution in [3.63, 3.8) is 0 Å². The van der Waals surface area contributed by atoms with Crippen LogP contribution in [0.2, 0.25) is 0 Å². The number of pyridine rings is 1. The molecule has 1 aromatic heterocycles. The van der Waals surface area contributed by atoms with E-state index in [2.05, 4.69) is 16.7 Å². The van der Waals surface area contributed by atoms with Crippen LogP contribution in [-0.2, 0) is 16.1 Å². The first-order valence-corrected chi connectivity index (χ1v) is 11.3. The normalized spacial score (nSPS) is 17.5. The van der Waals surface area contributed by atoms with Crippen molar-refractivity contribution in [3.8, 4) is 23.3 Å². The molecule has 180 valence electrons. The molecule has 2 unspecified atom stereocenters. The van der Waals surface area contributed by atoms with Gasteiger partial charge in [0.25, 0.3) is 0 Å². The van der Waals surface area contributed by atoms with Gasteiger partial charge in [-0.25, -0.2) is 4.98 Å². The van der Waals surface area contributed by atoms with E-state index in [0.717, 1.165) is 39.7 Å². The molecule has 2 aromatic rings. The van der Waals surface area contributed by atoms with Gasteiger partial charge < -0.3 is 34.7 Å². The number of hydrogen-bond donors (Lipinski definition) is 2. The number of rotatable bonds is 7. The van der Waals surface area contributed by atoms with Crippen LogP contribution in [0.3, 0.4) is 0 Å². The lowest BCUT2D eigenvalue weighted by Gasteiger charge is -2.32. The number of aldehydes is 1. The summed E-state index contributed by atoms with van der Waals surface area (Å²) < 4.78 is 16.4. The zero-order chi connectivity index (χ0) is 24.5. The van der Waals surface area contributed by atoms with Gasteiger partial charge in [-0.2, -0.15) is 0 Å². The minimum Gasteiger partial charge on any atom is -0.454 e. The predicted molar refractivity (Wildman–Crippen MR) is 129 cm³/mol. The predicted octanol–water partition coefficient (Wildman–Crippen LogP) is 2.30. The highest BCUT2D eigenvalue weighted by Crippen LogP contribution is 2.42. The smallest absolute Gasteiger partial charge is 0.231 e. The van der Waals surface area contributed by atoms with E-state index in [-0.39, 0.29) is 13.4 Å². The van der Waals surface area contributed by atoms with Gasteiger partial charge in [0.2, 0.25) is 6.79 Å². The van der Waals surface area contributed by atoms with Gasteiger partial charge in [0, 0.05) is 68.1 Å². The average Bonchev–Trinajstić information content (AvgIpc) is 3.37. The molecular formula is C26H31N3O5. The molecule has 4 rings (SSSR count). The molecule has 0 fully saturated rings. The summed E-state index contributed by atoms with van der Waals surface area (Å²) in [6, 6.07) is 3.80. The van der Waals surface area contributed by atoms with Crippen molar-refractivity contribution < 1.29 is 24.1 Å². The van der Waals surface area contributed by atoms with Gasteiger partial charge in [-0.05, 0) is 19.9 Å². The Morgan fingerprint density at radius 3 is 2.74 bits per heavy atom. The van der Waals surface area contributed by atoms with Crippen LogP contribution in [0.15, 0.2) is 18.2 Å². The molecule has 0 amide bonds. The largest absolute Gasteiger partial charge is 0.454 e. The second-order valence-electron chi connectivity index (χ2n) is 9.22. The molecule has 2 aliphatic rings. The molecule has 8 heteroatoms. The van der Waals surface area contributed by atoms with Crippen LogP contribution in [0.4, 0.5) is 0 Å². The van der Waals surface area contributed by atoms with Crippen LogP contribution in [0, 0.1) is 23.7 Å². The van der Waals surface area contributed by atoms with Crippen LogP contribution < -0.4 is 15.2 Å². The van der Waals surface area contributed by atoms with Crippen molar-refractivity contribution in [2.24, 2.45) is 17.6 Å². The van der Waals surface area contributed by atoms with Gasteiger partial charge in [0.05, 0.1) is 29.1 Å². The lowest BCUT2D eigenvalue weighted by Crippen LogP contribution is -2.38. The minimum atomic E-state index is -1.15. The summed E-state index contributed by atoms with van der Waals surface area (Å²) in [6.07, 6.45) is 3.37. The molecule has 3 heterocycles. The quantitative estimate of drug-likeness (QED) is 0.474. The lowest BCUT2D eigenvalue weighted by molar-refractivity contribution is -0.117. The molecule has 0 spiro atoms. The van der Waals surface area contributed by atoms with E-state index in [4.69, 9.17) is 24.9 Å². The Morgan fingerprint density at radius 1 is 1.35 bits per heavy atom. The van der Waals surface area contributed by atoms with E-state index in [1.807, 2.05) is 25.3 Å². The zero-order valence-corrected chi connectivity index (χ0v) is 20.1. The SMILES string of the molecule is COCC(C=O)C(/C=C1/c2nc3cc4c(cc3c(C#CCCN)c2CN1C)OCO4)C(C)(C)O. The number of carbonyl (C=O) groups excluding carboxylic acids is 1. The van der Waals surface area contributed by atoms with Crippen LogP contribution in [-0.4, -0.2) is 61.0 Å². The number of nitrogens with two attached hydrogens (primary N) is 1. The molecule has 34 heavy (non-hydrogen) atoms. The third kappa shape index (κ3) is 4.47. The van der Waals surface area contributed by atoms with Crippen molar-refractivity contribution in [3.05, 3.63) is 35.0 Å². The minimum absolute atomic E-state index is 0.174. The summed E-state index contributed by atoms with van der Waals surface area (Å²) in [4.78, 5) is 18.9. The molecule has 1 aromatic carbocycles. The van der Waals surface area contributed by atoms with Gasteiger partial charge in [0.15, 0.2) is 11.5 Å². The molecule has 2 atom stereocenters. The summed E-state index contributed by atoms with van der Waals surface area (Å²) in [7, 11) is 3.52. The van der Waals surface area contributed by atoms with Crippen molar-refractivity contribution in [1.82, 2.24) is 9.88 Å². The standard InChI is InChI=1S/C26H31N3O5/c1-26(2,31)20(16(13-30)14-32-4)10-22-25-19(12-29(22)3)17(7-5-6-8-27)18-9-23-24(34-15-33-23)11-21(18)28-25/h9-11,13,16,20,31H,6,8,12,14-15,27H2,1-4H3/b22-10-. The molecule has 2 aliphatic heterocycles. The Kier molecular flexibility index (Phi) is 6.80. The maximum Gasteiger partial charge on any atom is 0.231 e. The monoisotopic (exact) mass is 465 g/mol. The Morgan fingerprint density at radius 2 is 2.09 bits per heavy atom. The number of benzene rings is 1. The number of aromatic nitrogens is 1. The topological polar surface area (TPSA) is 107 Å². The summed E-state index contributed by atoms with van der Waals surface area (Å²) in [6.45, 7) is 4.87. The maximum atomic E-state index is 11.9. The number of hydrogen-bond acceptors (Lipinski definition) is 8. The molecule has 0 radical (unpaired) electrons.